The van der Waals surface area contributed by atoms with Gasteiger partial charge in [-0.05, 0) is 51.5 Å². The van der Waals surface area contributed by atoms with Gasteiger partial charge in [0.15, 0.2) is 16.6 Å². The average molecular weight is 307 g/mol. The minimum Gasteiger partial charge on any atom is -0.490 e. The van der Waals surface area contributed by atoms with E-state index in [4.69, 9.17) is 15.3 Å². The molecule has 6 heteroatoms. The number of nitrogens with one attached hydrogen (secondary N) is 1. The van der Waals surface area contributed by atoms with Crippen LogP contribution in [0.25, 0.3) is 10.4 Å². The van der Waals surface area contributed by atoms with Gasteiger partial charge >= 0.3 is 0 Å². The maximum atomic E-state index is 5.78. The summed E-state index contributed by atoms with van der Waals surface area (Å²) in [4.78, 5) is 5.43. The monoisotopic (exact) mass is 307 g/mol. The maximum absolute atomic E-state index is 5.78. The first kappa shape index (κ1) is 15.6. The summed E-state index contributed by atoms with van der Waals surface area (Å²) in [6.07, 6.45) is 0.105. The van der Waals surface area contributed by atoms with E-state index < -0.39 is 0 Å². The summed E-state index contributed by atoms with van der Waals surface area (Å²) in [5.74, 6) is 6.93. The Bertz CT molecular complexity index is 611. The van der Waals surface area contributed by atoms with Crippen LogP contribution in [0.2, 0.25) is 0 Å². The molecular formula is C15H21N3O2S. The highest BCUT2D eigenvalue weighted by atomic mass is 32.1. The average Bonchev–Trinajstić information content (AvgIpc) is 2.82. The zero-order valence-corrected chi connectivity index (χ0v) is 13.6. The molecule has 3 N–H and O–H groups in total. The van der Waals surface area contributed by atoms with Gasteiger partial charge in [-0.2, -0.15) is 0 Å². The van der Waals surface area contributed by atoms with Crippen molar-refractivity contribution in [3.05, 3.63) is 23.9 Å². The molecule has 0 aliphatic carbocycles. The number of ether oxygens (including phenoxy) is 2. The van der Waals surface area contributed by atoms with Gasteiger partial charge in [0.25, 0.3) is 0 Å². The molecule has 0 spiro atoms. The summed E-state index contributed by atoms with van der Waals surface area (Å²) >= 11 is 1.52. The number of thiazole rings is 1. The van der Waals surface area contributed by atoms with E-state index in [1.54, 1.807) is 0 Å². The Hall–Kier alpha value is -1.79. The molecule has 0 radical (unpaired) electrons. The standard InChI is InChI=1S/C15H21N3O2S/c1-5-19-13-8-11(6-7-12(13)20-9(2)3)14-10(4)17-15(18-16)21-14/h6-9H,5,16H2,1-4H3,(H,17,18). The second-order valence-electron chi connectivity index (χ2n) is 4.84. The van der Waals surface area contributed by atoms with Gasteiger partial charge in [-0.25, -0.2) is 10.8 Å². The molecule has 0 amide bonds. The van der Waals surface area contributed by atoms with Crippen molar-refractivity contribution in [1.82, 2.24) is 4.98 Å². The molecule has 0 aliphatic heterocycles. The van der Waals surface area contributed by atoms with Gasteiger partial charge in [0, 0.05) is 0 Å². The lowest BCUT2D eigenvalue weighted by Crippen LogP contribution is -2.07. The quantitative estimate of drug-likeness (QED) is 0.630. The summed E-state index contributed by atoms with van der Waals surface area (Å²) < 4.78 is 11.5. The topological polar surface area (TPSA) is 69.4 Å². The Morgan fingerprint density at radius 2 is 2.10 bits per heavy atom. The minimum atomic E-state index is 0.105. The number of hydrazine groups is 1. The molecule has 2 rings (SSSR count). The van der Waals surface area contributed by atoms with E-state index in [1.165, 1.54) is 11.3 Å². The second-order valence-corrected chi connectivity index (χ2v) is 5.84. The highest BCUT2D eigenvalue weighted by Crippen LogP contribution is 2.38. The molecule has 1 aromatic heterocycles. The van der Waals surface area contributed by atoms with Crippen molar-refractivity contribution in [2.24, 2.45) is 5.84 Å². The van der Waals surface area contributed by atoms with Crippen LogP contribution < -0.4 is 20.7 Å². The van der Waals surface area contributed by atoms with E-state index in [2.05, 4.69) is 10.4 Å². The zero-order chi connectivity index (χ0) is 15.4. The van der Waals surface area contributed by atoms with Gasteiger partial charge < -0.3 is 9.47 Å². The lowest BCUT2D eigenvalue weighted by atomic mass is 10.1. The molecule has 2 aromatic rings. The van der Waals surface area contributed by atoms with E-state index in [1.807, 2.05) is 45.9 Å². The van der Waals surface area contributed by atoms with Crippen molar-refractivity contribution < 1.29 is 9.47 Å². The number of nitrogens with two attached hydrogens (primary N) is 1. The molecule has 0 bridgehead atoms. The Balaban J connectivity index is 2.40. The molecular weight excluding hydrogens is 286 g/mol. The molecule has 5 nitrogen and oxygen atoms in total. The summed E-state index contributed by atoms with van der Waals surface area (Å²) in [5.41, 5.74) is 4.57. The third-order valence-corrected chi connectivity index (χ3v) is 3.93. The second kappa shape index (κ2) is 6.78. The van der Waals surface area contributed by atoms with Crippen LogP contribution >= 0.6 is 11.3 Å². The number of benzene rings is 1. The van der Waals surface area contributed by atoms with E-state index >= 15 is 0 Å². The fraction of sp³-hybridized carbons (Fsp3) is 0.400. The first-order valence-corrected chi connectivity index (χ1v) is 7.74. The largest absolute Gasteiger partial charge is 0.490 e. The molecule has 0 unspecified atom stereocenters. The zero-order valence-electron chi connectivity index (χ0n) is 12.8. The summed E-state index contributed by atoms with van der Waals surface area (Å²) in [7, 11) is 0. The summed E-state index contributed by atoms with van der Waals surface area (Å²) in [5, 5.41) is 0.697. The molecule has 1 aromatic carbocycles. The molecule has 0 atom stereocenters. The molecule has 1 heterocycles. The summed E-state index contributed by atoms with van der Waals surface area (Å²) in [6.45, 7) is 8.51. The highest BCUT2D eigenvalue weighted by Gasteiger charge is 2.13. The van der Waals surface area contributed by atoms with Crippen LogP contribution in [0.1, 0.15) is 26.5 Å². The smallest absolute Gasteiger partial charge is 0.197 e. The van der Waals surface area contributed by atoms with Crippen molar-refractivity contribution in [2.45, 2.75) is 33.8 Å². The van der Waals surface area contributed by atoms with E-state index in [9.17, 15) is 0 Å². The first-order chi connectivity index (χ1) is 10.0. The van der Waals surface area contributed by atoms with Crippen LogP contribution in [0.15, 0.2) is 18.2 Å². The number of aryl methyl sites for hydroxylation is 1. The molecule has 0 fully saturated rings. The van der Waals surface area contributed by atoms with E-state index in [0.29, 0.717) is 11.7 Å². The highest BCUT2D eigenvalue weighted by molar-refractivity contribution is 7.19. The number of hydrogen-bond donors (Lipinski definition) is 2. The summed E-state index contributed by atoms with van der Waals surface area (Å²) in [6, 6.07) is 5.94. The van der Waals surface area contributed by atoms with Crippen molar-refractivity contribution in [1.29, 1.82) is 0 Å². The predicted molar refractivity (Wildman–Crippen MR) is 87.0 cm³/mol. The van der Waals surface area contributed by atoms with Crippen molar-refractivity contribution >= 4 is 16.5 Å². The van der Waals surface area contributed by atoms with Gasteiger partial charge in [0.1, 0.15) is 0 Å². The Morgan fingerprint density at radius 3 is 2.67 bits per heavy atom. The van der Waals surface area contributed by atoms with Crippen LogP contribution in [-0.2, 0) is 0 Å². The van der Waals surface area contributed by atoms with Gasteiger partial charge in [0.05, 0.1) is 23.3 Å². The fourth-order valence-corrected chi connectivity index (χ4v) is 2.87. The van der Waals surface area contributed by atoms with Gasteiger partial charge in [-0.1, -0.05) is 11.3 Å². The van der Waals surface area contributed by atoms with Gasteiger partial charge in [-0.15, -0.1) is 0 Å². The Kier molecular flexibility index (Phi) is 5.03. The number of nitrogens with zero attached hydrogens (tertiary/aromatic N) is 1. The number of rotatable bonds is 6. The number of aromatic nitrogens is 1. The first-order valence-electron chi connectivity index (χ1n) is 6.93. The number of hydrogen-bond acceptors (Lipinski definition) is 6. The van der Waals surface area contributed by atoms with E-state index in [-0.39, 0.29) is 6.10 Å². The molecule has 0 saturated carbocycles. The molecule has 21 heavy (non-hydrogen) atoms. The van der Waals surface area contributed by atoms with Gasteiger partial charge in [-0.3, -0.25) is 5.43 Å². The van der Waals surface area contributed by atoms with Crippen LogP contribution in [0.4, 0.5) is 5.13 Å². The van der Waals surface area contributed by atoms with Crippen LogP contribution in [-0.4, -0.2) is 17.7 Å². The van der Waals surface area contributed by atoms with E-state index in [0.717, 1.165) is 27.6 Å². The lowest BCUT2D eigenvalue weighted by molar-refractivity contribution is 0.224. The number of nitrogen functional groups attached to an aromatic ring is 1. The number of anilines is 1. The predicted octanol–water partition coefficient (Wildman–Crippen LogP) is 3.59. The lowest BCUT2D eigenvalue weighted by Gasteiger charge is -2.15. The third kappa shape index (κ3) is 3.65. The van der Waals surface area contributed by atoms with Crippen molar-refractivity contribution in [3.63, 3.8) is 0 Å². The fourth-order valence-electron chi connectivity index (χ4n) is 1.99. The Morgan fingerprint density at radius 1 is 1.33 bits per heavy atom. The van der Waals surface area contributed by atoms with Crippen LogP contribution in [0.5, 0.6) is 11.5 Å². The SMILES string of the molecule is CCOc1cc(-c2sc(NN)nc2C)ccc1OC(C)C. The normalized spacial score (nSPS) is 10.8. The van der Waals surface area contributed by atoms with Crippen molar-refractivity contribution in [2.75, 3.05) is 12.0 Å². The third-order valence-electron chi connectivity index (χ3n) is 2.79. The molecule has 114 valence electrons. The van der Waals surface area contributed by atoms with Crippen LogP contribution in [0, 0.1) is 6.92 Å². The van der Waals surface area contributed by atoms with Crippen molar-refractivity contribution in [3.8, 4) is 21.9 Å². The Labute approximate surface area is 129 Å². The van der Waals surface area contributed by atoms with Crippen LogP contribution in [0.3, 0.4) is 0 Å². The molecule has 0 aliphatic rings. The molecule has 0 saturated heterocycles. The minimum absolute atomic E-state index is 0.105. The van der Waals surface area contributed by atoms with Gasteiger partial charge in [0.2, 0.25) is 0 Å². The maximum Gasteiger partial charge on any atom is 0.197 e.